The van der Waals surface area contributed by atoms with Gasteiger partial charge in [-0.15, -0.1) is 0 Å². The summed E-state index contributed by atoms with van der Waals surface area (Å²) in [6, 6.07) is 5.26. The van der Waals surface area contributed by atoms with Gasteiger partial charge in [0.1, 0.15) is 0 Å². The zero-order valence-electron chi connectivity index (χ0n) is 10.1. The van der Waals surface area contributed by atoms with Gasteiger partial charge >= 0.3 is 5.97 Å². The Bertz CT molecular complexity index is 643. The number of hydrogen-bond donors (Lipinski definition) is 3. The number of carboxylic acid groups (broad SMARTS) is 1. The summed E-state index contributed by atoms with van der Waals surface area (Å²) in [7, 11) is 0. The highest BCUT2D eigenvalue weighted by atomic mass is 16.4. The number of H-pyrrole nitrogens is 1. The third-order valence-electron chi connectivity index (χ3n) is 3.52. The van der Waals surface area contributed by atoms with Crippen LogP contribution in [0.1, 0.15) is 23.2 Å². The Kier molecular flexibility index (Phi) is 2.70. The lowest BCUT2D eigenvalue weighted by Crippen LogP contribution is -2.46. The molecule has 0 saturated heterocycles. The molecule has 0 aliphatic heterocycles. The van der Waals surface area contributed by atoms with Crippen LogP contribution in [0.2, 0.25) is 0 Å². The Morgan fingerprint density at radius 3 is 2.89 bits per heavy atom. The number of hydrogen-bond acceptors (Lipinski definition) is 3. The first-order chi connectivity index (χ1) is 9.13. The standard InChI is InChI=1S/C13H13N3O3/c17-12(15-10-4-8(5-10)13(18)19)7-1-2-11-9(3-7)6-14-16-11/h1-3,6,8,10H,4-5H2,(H,14,16)(H,15,17)(H,18,19). The SMILES string of the molecule is O=C(NC1CC(C(=O)O)C1)c1ccc2[nH]ncc2c1. The lowest BCUT2D eigenvalue weighted by Gasteiger charge is -2.32. The number of aliphatic carboxylic acids is 1. The predicted octanol–water partition coefficient (Wildman–Crippen LogP) is 1.16. The van der Waals surface area contributed by atoms with Crippen molar-refractivity contribution in [1.82, 2.24) is 15.5 Å². The smallest absolute Gasteiger partial charge is 0.306 e. The number of amides is 1. The van der Waals surface area contributed by atoms with Crippen molar-refractivity contribution in [3.63, 3.8) is 0 Å². The average molecular weight is 259 g/mol. The Morgan fingerprint density at radius 2 is 2.16 bits per heavy atom. The average Bonchev–Trinajstić information content (AvgIpc) is 2.79. The van der Waals surface area contributed by atoms with Crippen LogP contribution >= 0.6 is 0 Å². The lowest BCUT2D eigenvalue weighted by atomic mass is 9.80. The number of carbonyl (C=O) groups is 2. The fourth-order valence-electron chi connectivity index (χ4n) is 2.29. The molecule has 1 fully saturated rings. The van der Waals surface area contributed by atoms with E-state index < -0.39 is 5.97 Å². The van der Waals surface area contributed by atoms with E-state index >= 15 is 0 Å². The fourth-order valence-corrected chi connectivity index (χ4v) is 2.29. The molecule has 6 nitrogen and oxygen atoms in total. The number of rotatable bonds is 3. The van der Waals surface area contributed by atoms with Crippen LogP contribution in [0.25, 0.3) is 10.9 Å². The number of carboxylic acids is 1. The van der Waals surface area contributed by atoms with E-state index in [-0.39, 0.29) is 17.9 Å². The molecule has 2 aromatic rings. The van der Waals surface area contributed by atoms with Crippen molar-refractivity contribution in [3.05, 3.63) is 30.0 Å². The maximum atomic E-state index is 12.0. The molecule has 1 saturated carbocycles. The van der Waals surface area contributed by atoms with Gasteiger partial charge in [0.2, 0.25) is 0 Å². The van der Waals surface area contributed by atoms with Crippen molar-refractivity contribution in [1.29, 1.82) is 0 Å². The van der Waals surface area contributed by atoms with Crippen molar-refractivity contribution < 1.29 is 14.7 Å². The molecule has 0 atom stereocenters. The molecule has 0 bridgehead atoms. The Hall–Kier alpha value is -2.37. The molecule has 19 heavy (non-hydrogen) atoms. The summed E-state index contributed by atoms with van der Waals surface area (Å²) in [4.78, 5) is 22.7. The largest absolute Gasteiger partial charge is 0.481 e. The topological polar surface area (TPSA) is 95.1 Å². The number of carbonyl (C=O) groups excluding carboxylic acids is 1. The fraction of sp³-hybridized carbons (Fsp3) is 0.308. The maximum absolute atomic E-state index is 12.0. The highest BCUT2D eigenvalue weighted by molar-refractivity contribution is 5.98. The molecule has 0 unspecified atom stereocenters. The van der Waals surface area contributed by atoms with Gasteiger partial charge in [0.25, 0.3) is 5.91 Å². The van der Waals surface area contributed by atoms with Crippen LogP contribution in [0.5, 0.6) is 0 Å². The Morgan fingerprint density at radius 1 is 1.37 bits per heavy atom. The minimum Gasteiger partial charge on any atom is -0.481 e. The summed E-state index contributed by atoms with van der Waals surface area (Å²) in [5.41, 5.74) is 1.44. The van der Waals surface area contributed by atoms with Gasteiger partial charge in [0.15, 0.2) is 0 Å². The molecule has 1 amide bonds. The van der Waals surface area contributed by atoms with Crippen LogP contribution in [0.3, 0.4) is 0 Å². The number of nitrogens with zero attached hydrogens (tertiary/aromatic N) is 1. The van der Waals surface area contributed by atoms with E-state index in [2.05, 4.69) is 15.5 Å². The zero-order valence-corrected chi connectivity index (χ0v) is 10.1. The van der Waals surface area contributed by atoms with Gasteiger partial charge < -0.3 is 10.4 Å². The van der Waals surface area contributed by atoms with E-state index in [4.69, 9.17) is 5.11 Å². The maximum Gasteiger partial charge on any atom is 0.306 e. The molecule has 1 aliphatic rings. The van der Waals surface area contributed by atoms with Gasteiger partial charge in [0, 0.05) is 17.0 Å². The first-order valence-corrected chi connectivity index (χ1v) is 6.10. The number of nitrogens with one attached hydrogen (secondary N) is 2. The van der Waals surface area contributed by atoms with Crippen LogP contribution in [-0.2, 0) is 4.79 Å². The van der Waals surface area contributed by atoms with Gasteiger partial charge in [-0.25, -0.2) is 0 Å². The van der Waals surface area contributed by atoms with Gasteiger partial charge in [-0.3, -0.25) is 14.7 Å². The number of aromatic nitrogens is 2. The monoisotopic (exact) mass is 259 g/mol. The van der Waals surface area contributed by atoms with Gasteiger partial charge in [-0.1, -0.05) is 0 Å². The molecule has 6 heteroatoms. The molecule has 1 heterocycles. The third kappa shape index (κ3) is 2.16. The van der Waals surface area contributed by atoms with Crippen LogP contribution in [0.15, 0.2) is 24.4 Å². The summed E-state index contributed by atoms with van der Waals surface area (Å²) < 4.78 is 0. The van der Waals surface area contributed by atoms with Crippen molar-refractivity contribution in [2.24, 2.45) is 5.92 Å². The Balaban J connectivity index is 1.66. The molecule has 3 rings (SSSR count). The summed E-state index contributed by atoms with van der Waals surface area (Å²) in [6.45, 7) is 0. The molecular formula is C13H13N3O3. The summed E-state index contributed by atoms with van der Waals surface area (Å²) in [5.74, 6) is -1.27. The van der Waals surface area contributed by atoms with E-state index in [1.807, 2.05) is 0 Å². The van der Waals surface area contributed by atoms with Gasteiger partial charge in [0.05, 0.1) is 17.6 Å². The number of fused-ring (bicyclic) bond motifs is 1. The van der Waals surface area contributed by atoms with Crippen LogP contribution in [0, 0.1) is 5.92 Å². The van der Waals surface area contributed by atoms with Crippen LogP contribution in [-0.4, -0.2) is 33.2 Å². The van der Waals surface area contributed by atoms with Crippen molar-refractivity contribution >= 4 is 22.8 Å². The quantitative estimate of drug-likeness (QED) is 0.770. The van der Waals surface area contributed by atoms with E-state index in [0.29, 0.717) is 18.4 Å². The van der Waals surface area contributed by atoms with Gasteiger partial charge in [-0.05, 0) is 31.0 Å². The summed E-state index contributed by atoms with van der Waals surface area (Å²) >= 11 is 0. The summed E-state index contributed by atoms with van der Waals surface area (Å²) in [5, 5.41) is 19.2. The molecule has 98 valence electrons. The molecule has 1 aliphatic carbocycles. The van der Waals surface area contributed by atoms with Crippen molar-refractivity contribution in [2.75, 3.05) is 0 Å². The van der Waals surface area contributed by atoms with E-state index in [1.165, 1.54) is 0 Å². The van der Waals surface area contributed by atoms with Crippen molar-refractivity contribution in [2.45, 2.75) is 18.9 Å². The molecule has 0 spiro atoms. The minimum absolute atomic E-state index is 0.0337. The second-order valence-corrected chi connectivity index (χ2v) is 4.85. The van der Waals surface area contributed by atoms with E-state index in [9.17, 15) is 9.59 Å². The molecule has 0 radical (unpaired) electrons. The highest BCUT2D eigenvalue weighted by Gasteiger charge is 2.35. The molecule has 1 aromatic carbocycles. The lowest BCUT2D eigenvalue weighted by molar-refractivity contribution is -0.145. The second kappa shape index (κ2) is 4.38. The van der Waals surface area contributed by atoms with E-state index in [0.717, 1.165) is 10.9 Å². The van der Waals surface area contributed by atoms with Crippen LogP contribution < -0.4 is 5.32 Å². The molecule has 1 aromatic heterocycles. The normalized spacial score (nSPS) is 21.9. The third-order valence-corrected chi connectivity index (χ3v) is 3.52. The molecule has 3 N–H and O–H groups in total. The molecular weight excluding hydrogens is 246 g/mol. The van der Waals surface area contributed by atoms with E-state index in [1.54, 1.807) is 24.4 Å². The van der Waals surface area contributed by atoms with Gasteiger partial charge in [-0.2, -0.15) is 5.10 Å². The predicted molar refractivity (Wildman–Crippen MR) is 67.7 cm³/mol. The minimum atomic E-state index is -0.787. The Labute approximate surface area is 108 Å². The number of aromatic amines is 1. The van der Waals surface area contributed by atoms with Crippen molar-refractivity contribution in [3.8, 4) is 0 Å². The first-order valence-electron chi connectivity index (χ1n) is 6.10. The zero-order chi connectivity index (χ0) is 13.4. The first kappa shape index (κ1) is 11.7. The highest BCUT2D eigenvalue weighted by Crippen LogP contribution is 2.27. The van der Waals surface area contributed by atoms with Crippen LogP contribution in [0.4, 0.5) is 0 Å². The second-order valence-electron chi connectivity index (χ2n) is 4.85. The summed E-state index contributed by atoms with van der Waals surface area (Å²) in [6.07, 6.45) is 2.68. The number of benzene rings is 1.